The van der Waals surface area contributed by atoms with E-state index in [0.717, 1.165) is 6.07 Å². The molecule has 4 nitrogen and oxygen atoms in total. The summed E-state index contributed by atoms with van der Waals surface area (Å²) >= 11 is 0. The molecule has 1 aromatic rings. The number of halogens is 3. The number of nitrogens with zero attached hydrogens (tertiary/aromatic N) is 2. The van der Waals surface area contributed by atoms with E-state index in [1.165, 1.54) is 12.1 Å². The minimum Gasteiger partial charge on any atom is -0.373 e. The van der Waals surface area contributed by atoms with E-state index >= 15 is 0 Å². The maximum atomic E-state index is 12.8. The zero-order chi connectivity index (χ0) is 15.5. The highest BCUT2D eigenvalue weighted by molar-refractivity contribution is 5.55. The molecule has 2 rings (SSSR count). The highest BCUT2D eigenvalue weighted by atomic mass is 19.4. The maximum Gasteiger partial charge on any atom is 0.417 e. The summed E-state index contributed by atoms with van der Waals surface area (Å²) < 4.78 is 43.9. The summed E-state index contributed by atoms with van der Waals surface area (Å²) in [6.45, 7) is 2.35. The lowest BCUT2D eigenvalue weighted by Gasteiger charge is -2.34. The minimum absolute atomic E-state index is 0.0171. The summed E-state index contributed by atoms with van der Waals surface area (Å²) in [5.74, 6) is 0. The highest BCUT2D eigenvalue weighted by Crippen LogP contribution is 2.34. The fraction of sp³-hybridized carbons (Fsp3) is 0.500. The van der Waals surface area contributed by atoms with Gasteiger partial charge in [-0.05, 0) is 25.2 Å². The van der Waals surface area contributed by atoms with E-state index in [2.05, 4.69) is 5.32 Å². The third-order valence-corrected chi connectivity index (χ3v) is 3.36. The molecular weight excluding hydrogens is 283 g/mol. The molecular formula is C14H16F3N3O. The zero-order valence-corrected chi connectivity index (χ0v) is 11.6. The lowest BCUT2D eigenvalue weighted by Crippen LogP contribution is -2.46. The van der Waals surface area contributed by atoms with E-state index < -0.39 is 11.7 Å². The molecule has 1 aliphatic heterocycles. The van der Waals surface area contributed by atoms with Gasteiger partial charge in [0.15, 0.2) is 0 Å². The van der Waals surface area contributed by atoms with Crippen LogP contribution in [0.1, 0.15) is 11.1 Å². The number of alkyl halides is 3. The number of benzene rings is 1. The smallest absolute Gasteiger partial charge is 0.373 e. The van der Waals surface area contributed by atoms with Crippen molar-refractivity contribution >= 4 is 5.69 Å². The predicted octanol–water partition coefficient (Wildman–Crippen LogP) is 2.00. The van der Waals surface area contributed by atoms with Crippen molar-refractivity contribution in [3.8, 4) is 6.07 Å². The van der Waals surface area contributed by atoms with Crippen molar-refractivity contribution in [1.29, 1.82) is 5.26 Å². The van der Waals surface area contributed by atoms with Crippen molar-refractivity contribution in [2.24, 2.45) is 0 Å². The molecule has 0 radical (unpaired) electrons. The van der Waals surface area contributed by atoms with E-state index in [4.69, 9.17) is 10.00 Å². The molecule has 1 saturated heterocycles. The van der Waals surface area contributed by atoms with Crippen LogP contribution in [0.25, 0.3) is 0 Å². The topological polar surface area (TPSA) is 48.3 Å². The fourth-order valence-corrected chi connectivity index (χ4v) is 2.37. The van der Waals surface area contributed by atoms with Gasteiger partial charge in [-0.3, -0.25) is 0 Å². The van der Waals surface area contributed by atoms with Crippen LogP contribution in [0, 0.1) is 11.3 Å². The first-order valence-electron chi connectivity index (χ1n) is 6.58. The molecule has 0 spiro atoms. The third kappa shape index (κ3) is 3.65. The van der Waals surface area contributed by atoms with Crippen LogP contribution >= 0.6 is 0 Å². The van der Waals surface area contributed by atoms with Crippen LogP contribution in [0.15, 0.2) is 18.2 Å². The first kappa shape index (κ1) is 15.6. The minimum atomic E-state index is -4.51. The van der Waals surface area contributed by atoms with E-state index in [1.807, 2.05) is 11.9 Å². The van der Waals surface area contributed by atoms with Gasteiger partial charge in [-0.1, -0.05) is 0 Å². The molecule has 21 heavy (non-hydrogen) atoms. The summed E-state index contributed by atoms with van der Waals surface area (Å²) in [5, 5.41) is 11.9. The largest absolute Gasteiger partial charge is 0.417 e. The summed E-state index contributed by atoms with van der Waals surface area (Å²) in [6, 6.07) is 5.30. The average Bonchev–Trinajstić information content (AvgIpc) is 2.46. The number of nitrogens with one attached hydrogen (secondary N) is 1. The van der Waals surface area contributed by atoms with E-state index in [9.17, 15) is 13.2 Å². The molecule has 0 aromatic heterocycles. The second-order valence-electron chi connectivity index (χ2n) is 4.84. The molecule has 0 aliphatic carbocycles. The SMILES string of the molecule is CNCC1CN(c2ccc(C(F)(F)F)c(C#N)c2)CCO1. The van der Waals surface area contributed by atoms with Crippen LogP contribution < -0.4 is 10.2 Å². The summed E-state index contributed by atoms with van der Waals surface area (Å²) in [6.07, 6.45) is -4.53. The molecule has 114 valence electrons. The van der Waals surface area contributed by atoms with Gasteiger partial charge in [0.1, 0.15) is 0 Å². The van der Waals surface area contributed by atoms with Gasteiger partial charge in [0.25, 0.3) is 0 Å². The Bertz CT molecular complexity index is 537. The van der Waals surface area contributed by atoms with Gasteiger partial charge in [-0.25, -0.2) is 0 Å². The van der Waals surface area contributed by atoms with E-state index in [0.29, 0.717) is 31.9 Å². The Labute approximate surface area is 121 Å². The molecule has 1 aromatic carbocycles. The molecule has 1 atom stereocenters. The first-order chi connectivity index (χ1) is 9.95. The van der Waals surface area contributed by atoms with Gasteiger partial charge in [0.05, 0.1) is 29.9 Å². The quantitative estimate of drug-likeness (QED) is 0.927. The molecule has 1 aliphatic rings. The molecule has 0 saturated carbocycles. The third-order valence-electron chi connectivity index (χ3n) is 3.36. The molecule has 1 fully saturated rings. The van der Waals surface area contributed by atoms with Crippen LogP contribution in [0.4, 0.5) is 18.9 Å². The van der Waals surface area contributed by atoms with Crippen LogP contribution in [-0.4, -0.2) is 39.4 Å². The van der Waals surface area contributed by atoms with Crippen LogP contribution in [0.3, 0.4) is 0 Å². The highest BCUT2D eigenvalue weighted by Gasteiger charge is 2.34. The number of morpholine rings is 1. The normalized spacial score (nSPS) is 19.4. The second-order valence-corrected chi connectivity index (χ2v) is 4.84. The van der Waals surface area contributed by atoms with E-state index in [1.54, 1.807) is 6.07 Å². The predicted molar refractivity (Wildman–Crippen MR) is 72.0 cm³/mol. The van der Waals surface area contributed by atoms with Crippen LogP contribution in [0.5, 0.6) is 0 Å². The number of likely N-dealkylation sites (N-methyl/N-ethyl adjacent to an activating group) is 1. The van der Waals surface area contributed by atoms with Crippen LogP contribution in [0.2, 0.25) is 0 Å². The van der Waals surface area contributed by atoms with Gasteiger partial charge in [-0.2, -0.15) is 18.4 Å². The van der Waals surface area contributed by atoms with Crippen molar-refractivity contribution in [3.63, 3.8) is 0 Å². The first-order valence-corrected chi connectivity index (χ1v) is 6.58. The number of ether oxygens (including phenoxy) is 1. The molecule has 1 heterocycles. The monoisotopic (exact) mass is 299 g/mol. The Morgan fingerprint density at radius 3 is 2.86 bits per heavy atom. The lowest BCUT2D eigenvalue weighted by atomic mass is 10.1. The second kappa shape index (κ2) is 6.33. The summed E-state index contributed by atoms with van der Waals surface area (Å²) in [4.78, 5) is 1.94. The average molecular weight is 299 g/mol. The molecule has 1 unspecified atom stereocenters. The van der Waals surface area contributed by atoms with Crippen molar-refractivity contribution < 1.29 is 17.9 Å². The van der Waals surface area contributed by atoms with Crippen molar-refractivity contribution in [2.45, 2.75) is 12.3 Å². The number of hydrogen-bond donors (Lipinski definition) is 1. The lowest BCUT2D eigenvalue weighted by molar-refractivity contribution is -0.137. The Morgan fingerprint density at radius 1 is 1.48 bits per heavy atom. The maximum absolute atomic E-state index is 12.8. The fourth-order valence-electron chi connectivity index (χ4n) is 2.37. The molecule has 0 bridgehead atoms. The van der Waals surface area contributed by atoms with Gasteiger partial charge in [-0.15, -0.1) is 0 Å². The molecule has 1 N–H and O–H groups in total. The Kier molecular flexibility index (Phi) is 4.70. The van der Waals surface area contributed by atoms with Gasteiger partial charge >= 0.3 is 6.18 Å². The van der Waals surface area contributed by atoms with Gasteiger partial charge in [0.2, 0.25) is 0 Å². The summed E-state index contributed by atoms with van der Waals surface area (Å²) in [5.41, 5.74) is -0.630. The van der Waals surface area contributed by atoms with E-state index in [-0.39, 0.29) is 11.7 Å². The standard InChI is InChI=1S/C14H16F3N3O/c1-19-8-12-9-20(4-5-21-12)11-2-3-13(14(15,16)17)10(6-11)7-18/h2-3,6,12,19H,4-5,8-9H2,1H3. The van der Waals surface area contributed by atoms with Crippen molar-refractivity contribution in [1.82, 2.24) is 5.32 Å². The van der Waals surface area contributed by atoms with Gasteiger partial charge < -0.3 is 15.0 Å². The van der Waals surface area contributed by atoms with Crippen molar-refractivity contribution in [3.05, 3.63) is 29.3 Å². The zero-order valence-electron chi connectivity index (χ0n) is 11.6. The number of anilines is 1. The Balaban J connectivity index is 2.23. The number of hydrogen-bond acceptors (Lipinski definition) is 4. The Hall–Kier alpha value is -1.78. The van der Waals surface area contributed by atoms with Gasteiger partial charge in [0, 0.05) is 25.3 Å². The molecule has 7 heteroatoms. The molecule has 0 amide bonds. The Morgan fingerprint density at radius 2 is 2.24 bits per heavy atom. The van der Waals surface area contributed by atoms with Crippen LogP contribution in [-0.2, 0) is 10.9 Å². The summed E-state index contributed by atoms with van der Waals surface area (Å²) in [7, 11) is 1.81. The van der Waals surface area contributed by atoms with Crippen molar-refractivity contribution in [2.75, 3.05) is 38.2 Å². The number of rotatable bonds is 3. The number of nitriles is 1.